The van der Waals surface area contributed by atoms with Crippen molar-refractivity contribution >= 4 is 22.4 Å². The fourth-order valence-corrected chi connectivity index (χ4v) is 3.50. The molecule has 0 saturated heterocycles. The standard InChI is InChI=1S/C22H17NO2/c1-2-8-15(9-3-1)21-17-11-5-7-13-19(17)25-22(21)23-20-14-16-10-4-6-12-18(16)24-20/h1-14,17,19,23H. The van der Waals surface area contributed by atoms with E-state index < -0.39 is 0 Å². The molecule has 0 saturated carbocycles. The summed E-state index contributed by atoms with van der Waals surface area (Å²) in [7, 11) is 0. The zero-order chi connectivity index (χ0) is 16.6. The molecule has 25 heavy (non-hydrogen) atoms. The van der Waals surface area contributed by atoms with Crippen molar-refractivity contribution in [2.45, 2.75) is 6.10 Å². The highest BCUT2D eigenvalue weighted by atomic mass is 16.5. The van der Waals surface area contributed by atoms with E-state index in [0.29, 0.717) is 5.88 Å². The van der Waals surface area contributed by atoms with E-state index >= 15 is 0 Å². The molecular weight excluding hydrogens is 310 g/mol. The molecule has 1 aromatic heterocycles. The van der Waals surface area contributed by atoms with E-state index in [2.05, 4.69) is 47.8 Å². The molecule has 2 atom stereocenters. The second-order valence-corrected chi connectivity index (χ2v) is 6.26. The quantitative estimate of drug-likeness (QED) is 0.704. The van der Waals surface area contributed by atoms with Crippen molar-refractivity contribution in [3.63, 3.8) is 0 Å². The van der Waals surface area contributed by atoms with Crippen LogP contribution in [-0.4, -0.2) is 6.10 Å². The highest BCUT2D eigenvalue weighted by Crippen LogP contribution is 2.41. The van der Waals surface area contributed by atoms with E-state index in [1.807, 2.05) is 42.5 Å². The first-order chi connectivity index (χ1) is 12.4. The zero-order valence-corrected chi connectivity index (χ0v) is 13.6. The maximum atomic E-state index is 6.20. The number of benzene rings is 2. The van der Waals surface area contributed by atoms with Crippen molar-refractivity contribution in [3.8, 4) is 0 Å². The van der Waals surface area contributed by atoms with Crippen LogP contribution in [0.1, 0.15) is 5.56 Å². The number of hydrogen-bond donors (Lipinski definition) is 1. The van der Waals surface area contributed by atoms with Crippen LogP contribution >= 0.6 is 0 Å². The summed E-state index contributed by atoms with van der Waals surface area (Å²) in [6.45, 7) is 0. The fourth-order valence-electron chi connectivity index (χ4n) is 3.50. The lowest BCUT2D eigenvalue weighted by Crippen LogP contribution is -2.15. The summed E-state index contributed by atoms with van der Waals surface area (Å²) >= 11 is 0. The second kappa shape index (κ2) is 5.71. The number of para-hydroxylation sites is 1. The van der Waals surface area contributed by atoms with Crippen molar-refractivity contribution in [1.29, 1.82) is 0 Å². The van der Waals surface area contributed by atoms with E-state index in [-0.39, 0.29) is 12.0 Å². The Morgan fingerprint density at radius 3 is 2.52 bits per heavy atom. The average molecular weight is 327 g/mol. The minimum absolute atomic E-state index is 0.0204. The molecule has 5 rings (SSSR count). The highest BCUT2D eigenvalue weighted by molar-refractivity contribution is 5.82. The van der Waals surface area contributed by atoms with Crippen LogP contribution in [-0.2, 0) is 4.74 Å². The van der Waals surface area contributed by atoms with E-state index in [9.17, 15) is 0 Å². The SMILES string of the molecule is C1=CC2OC(Nc3cc4ccccc4o3)=C(c3ccccc3)C2C=C1. The van der Waals surface area contributed by atoms with Gasteiger partial charge in [0.15, 0.2) is 5.88 Å². The van der Waals surface area contributed by atoms with Gasteiger partial charge in [0.2, 0.25) is 5.88 Å². The predicted octanol–water partition coefficient (Wildman–Crippen LogP) is 5.35. The van der Waals surface area contributed by atoms with Crippen LogP contribution in [0.25, 0.3) is 16.5 Å². The third-order valence-corrected chi connectivity index (χ3v) is 4.66. The van der Waals surface area contributed by atoms with Crippen LogP contribution in [0.15, 0.2) is 95.3 Å². The molecule has 1 aliphatic carbocycles. The van der Waals surface area contributed by atoms with Crippen LogP contribution in [0.3, 0.4) is 0 Å². The summed E-state index contributed by atoms with van der Waals surface area (Å²) in [5.41, 5.74) is 3.18. The van der Waals surface area contributed by atoms with Crippen LogP contribution in [0.2, 0.25) is 0 Å². The first-order valence-corrected chi connectivity index (χ1v) is 8.45. The smallest absolute Gasteiger partial charge is 0.200 e. The molecule has 3 heteroatoms. The Hall–Kier alpha value is -3.20. The summed E-state index contributed by atoms with van der Waals surface area (Å²) in [5, 5.41) is 4.43. The van der Waals surface area contributed by atoms with Crippen molar-refractivity contribution in [2.24, 2.45) is 5.92 Å². The number of hydrogen-bond acceptors (Lipinski definition) is 3. The average Bonchev–Trinajstić information content (AvgIpc) is 3.22. The summed E-state index contributed by atoms with van der Waals surface area (Å²) < 4.78 is 12.1. The van der Waals surface area contributed by atoms with Gasteiger partial charge in [-0.05, 0) is 17.7 Å². The van der Waals surface area contributed by atoms with Crippen molar-refractivity contribution < 1.29 is 9.15 Å². The Morgan fingerprint density at radius 1 is 0.840 bits per heavy atom. The Bertz CT molecular complexity index is 978. The third kappa shape index (κ3) is 2.45. The molecule has 3 nitrogen and oxygen atoms in total. The fraction of sp³-hybridized carbons (Fsp3) is 0.0909. The topological polar surface area (TPSA) is 34.4 Å². The van der Waals surface area contributed by atoms with E-state index in [1.54, 1.807) is 0 Å². The molecule has 3 aromatic rings. The minimum Gasteiger partial charge on any atom is -0.470 e. The van der Waals surface area contributed by atoms with Gasteiger partial charge in [-0.1, -0.05) is 66.8 Å². The Morgan fingerprint density at radius 2 is 1.64 bits per heavy atom. The van der Waals surface area contributed by atoms with E-state index in [1.165, 1.54) is 0 Å². The second-order valence-electron chi connectivity index (χ2n) is 6.26. The van der Waals surface area contributed by atoms with Gasteiger partial charge in [-0.3, -0.25) is 5.32 Å². The number of rotatable bonds is 3. The van der Waals surface area contributed by atoms with Gasteiger partial charge < -0.3 is 9.15 Å². The maximum Gasteiger partial charge on any atom is 0.200 e. The van der Waals surface area contributed by atoms with Crippen molar-refractivity contribution in [3.05, 3.63) is 96.4 Å². The lowest BCUT2D eigenvalue weighted by Gasteiger charge is -2.16. The largest absolute Gasteiger partial charge is 0.470 e. The summed E-state index contributed by atoms with van der Waals surface area (Å²) in [5.74, 6) is 1.66. The summed E-state index contributed by atoms with van der Waals surface area (Å²) in [4.78, 5) is 0. The Balaban J connectivity index is 1.58. The molecule has 2 aromatic carbocycles. The molecule has 0 radical (unpaired) electrons. The normalized spacial score (nSPS) is 21.4. The molecule has 1 N–H and O–H groups in total. The van der Waals surface area contributed by atoms with Gasteiger partial charge in [0.1, 0.15) is 11.7 Å². The summed E-state index contributed by atoms with van der Waals surface area (Å²) in [6.07, 6.45) is 8.43. The first-order valence-electron chi connectivity index (χ1n) is 8.45. The number of anilines is 1. The number of allylic oxidation sites excluding steroid dienone is 2. The van der Waals surface area contributed by atoms with Gasteiger partial charge in [-0.2, -0.15) is 0 Å². The monoisotopic (exact) mass is 327 g/mol. The molecule has 2 heterocycles. The highest BCUT2D eigenvalue weighted by Gasteiger charge is 2.35. The molecule has 122 valence electrons. The third-order valence-electron chi connectivity index (χ3n) is 4.66. The van der Waals surface area contributed by atoms with Crippen LogP contribution in [0.4, 0.5) is 5.88 Å². The van der Waals surface area contributed by atoms with Crippen LogP contribution in [0.5, 0.6) is 0 Å². The molecule has 0 spiro atoms. The lowest BCUT2D eigenvalue weighted by atomic mass is 9.87. The number of fused-ring (bicyclic) bond motifs is 2. The summed E-state index contributed by atoms with van der Waals surface area (Å²) in [6, 6.07) is 20.4. The predicted molar refractivity (Wildman–Crippen MR) is 99.8 cm³/mol. The van der Waals surface area contributed by atoms with E-state index in [4.69, 9.17) is 9.15 Å². The van der Waals surface area contributed by atoms with Crippen molar-refractivity contribution in [2.75, 3.05) is 5.32 Å². The van der Waals surface area contributed by atoms with Gasteiger partial charge in [0.25, 0.3) is 0 Å². The maximum absolute atomic E-state index is 6.20. The van der Waals surface area contributed by atoms with Gasteiger partial charge in [0.05, 0.1) is 0 Å². The Kier molecular flexibility index (Phi) is 3.23. The Labute approximate surface area is 145 Å². The molecule has 2 unspecified atom stereocenters. The van der Waals surface area contributed by atoms with Crippen molar-refractivity contribution in [1.82, 2.24) is 0 Å². The molecule has 1 aliphatic heterocycles. The van der Waals surface area contributed by atoms with Gasteiger partial charge in [-0.15, -0.1) is 0 Å². The first kappa shape index (κ1) is 14.2. The molecule has 2 aliphatic rings. The van der Waals surface area contributed by atoms with Gasteiger partial charge in [-0.25, -0.2) is 0 Å². The molecule has 0 fully saturated rings. The van der Waals surface area contributed by atoms with Crippen LogP contribution in [0, 0.1) is 5.92 Å². The van der Waals surface area contributed by atoms with Gasteiger partial charge in [0, 0.05) is 22.9 Å². The lowest BCUT2D eigenvalue weighted by molar-refractivity contribution is 0.168. The van der Waals surface area contributed by atoms with Gasteiger partial charge >= 0.3 is 0 Å². The van der Waals surface area contributed by atoms with E-state index in [0.717, 1.165) is 28.0 Å². The molecule has 0 amide bonds. The molecule has 0 bridgehead atoms. The zero-order valence-electron chi connectivity index (χ0n) is 13.6. The number of ether oxygens (including phenoxy) is 1. The number of nitrogens with one attached hydrogen (secondary N) is 1. The number of furan rings is 1. The molecular formula is C22H17NO2. The van der Waals surface area contributed by atoms with Crippen LogP contribution < -0.4 is 5.32 Å². The minimum atomic E-state index is 0.0204.